The van der Waals surface area contributed by atoms with Crippen LogP contribution in [0.2, 0.25) is 0 Å². The number of urea groups is 1. The highest BCUT2D eigenvalue weighted by Crippen LogP contribution is 2.34. The molecule has 0 spiro atoms. The van der Waals surface area contributed by atoms with E-state index in [2.05, 4.69) is 22.8 Å². The number of amides is 5. The minimum Gasteiger partial charge on any atom is -0.479 e. The van der Waals surface area contributed by atoms with Gasteiger partial charge in [0, 0.05) is 23.5 Å². The average Bonchev–Trinajstić information content (AvgIpc) is 3.33. The number of halogens is 1. The largest absolute Gasteiger partial charge is 0.479 e. The third kappa shape index (κ3) is 7.85. The van der Waals surface area contributed by atoms with E-state index < -0.39 is 30.6 Å². The highest BCUT2D eigenvalue weighted by atomic mass is 19.1. The number of aliphatic carboxylic acids is 1. The minimum atomic E-state index is -2.21. The zero-order chi connectivity index (χ0) is 33.5. The smallest absolute Gasteiger partial charge is 0.340 e. The van der Waals surface area contributed by atoms with Crippen LogP contribution in [0, 0.1) is 0 Å². The van der Waals surface area contributed by atoms with Gasteiger partial charge in [-0.25, -0.2) is 14.0 Å². The molecule has 0 radical (unpaired) electrons. The molecule has 1 aliphatic heterocycles. The van der Waals surface area contributed by atoms with Gasteiger partial charge >= 0.3 is 12.0 Å². The molecule has 1 fully saturated rings. The Bertz CT molecular complexity index is 1640. The molecule has 0 aromatic heterocycles. The van der Waals surface area contributed by atoms with Crippen molar-refractivity contribution in [3.63, 3.8) is 0 Å². The van der Waals surface area contributed by atoms with Crippen LogP contribution in [0.3, 0.4) is 0 Å². The summed E-state index contributed by atoms with van der Waals surface area (Å²) in [7, 11) is 0. The fourth-order valence-corrected chi connectivity index (χ4v) is 6.04. The molecular weight excluding hydrogens is 603 g/mol. The van der Waals surface area contributed by atoms with Crippen molar-refractivity contribution in [2.24, 2.45) is 0 Å². The van der Waals surface area contributed by atoms with E-state index in [9.17, 15) is 28.4 Å². The molecule has 246 valence electrons. The van der Waals surface area contributed by atoms with E-state index in [0.29, 0.717) is 41.4 Å². The normalized spacial score (nSPS) is 15.2. The Hall–Kier alpha value is -5.06. The first-order chi connectivity index (χ1) is 22.7. The summed E-state index contributed by atoms with van der Waals surface area (Å²) in [6, 6.07) is 18.6. The van der Waals surface area contributed by atoms with E-state index in [1.807, 2.05) is 19.1 Å². The van der Waals surface area contributed by atoms with Gasteiger partial charge in [-0.2, -0.15) is 0 Å². The van der Waals surface area contributed by atoms with Crippen LogP contribution in [0.4, 0.5) is 20.6 Å². The maximum Gasteiger partial charge on any atom is 0.340 e. The topological polar surface area (TPSA) is 136 Å². The maximum absolute atomic E-state index is 13.8. The molecule has 1 heterocycles. The number of carboxylic acid groups (broad SMARTS) is 1. The Morgan fingerprint density at radius 2 is 1.62 bits per heavy atom. The molecule has 3 aromatic rings. The number of imide groups is 1. The molecule has 3 N–H and O–H groups in total. The number of carbonyl (C=O) groups is 5. The molecule has 0 bridgehead atoms. The number of fused-ring (bicyclic) bond motifs is 1. The predicted molar refractivity (Wildman–Crippen MR) is 175 cm³/mol. The summed E-state index contributed by atoms with van der Waals surface area (Å²) < 4.78 is 13.4. The second-order valence-electron chi connectivity index (χ2n) is 12.0. The van der Waals surface area contributed by atoms with Gasteiger partial charge in [0.15, 0.2) is 0 Å². The van der Waals surface area contributed by atoms with Crippen LogP contribution in [0.1, 0.15) is 100.0 Å². The molecule has 2 aliphatic rings. The fraction of sp³-hybridized carbons (Fsp3) is 0.361. The molecular formula is C36H39FN4O6. The molecule has 1 saturated carbocycles. The van der Waals surface area contributed by atoms with Crippen LogP contribution in [-0.4, -0.2) is 59.0 Å². The minimum absolute atomic E-state index is 0.134. The van der Waals surface area contributed by atoms with Crippen molar-refractivity contribution >= 4 is 41.1 Å². The highest BCUT2D eigenvalue weighted by Gasteiger charge is 2.35. The Kier molecular flexibility index (Phi) is 10.6. The number of benzene rings is 3. The molecule has 5 rings (SSSR count). The van der Waals surface area contributed by atoms with Crippen LogP contribution < -0.4 is 15.5 Å². The number of nitrogens with one attached hydrogen (secondary N) is 2. The lowest BCUT2D eigenvalue weighted by atomic mass is 9.84. The third-order valence-electron chi connectivity index (χ3n) is 8.75. The lowest BCUT2D eigenvalue weighted by molar-refractivity contribution is -0.142. The van der Waals surface area contributed by atoms with Crippen molar-refractivity contribution in [2.45, 2.75) is 70.5 Å². The van der Waals surface area contributed by atoms with Crippen molar-refractivity contribution in [1.29, 1.82) is 0 Å². The zero-order valence-corrected chi connectivity index (χ0v) is 26.3. The highest BCUT2D eigenvalue weighted by molar-refractivity contribution is 6.22. The average molecular weight is 643 g/mol. The molecule has 5 amide bonds. The van der Waals surface area contributed by atoms with E-state index in [-0.39, 0.29) is 29.5 Å². The first-order valence-corrected chi connectivity index (χ1v) is 16.1. The number of alkyl halides is 1. The molecule has 47 heavy (non-hydrogen) atoms. The summed E-state index contributed by atoms with van der Waals surface area (Å²) in [4.78, 5) is 65.5. The summed E-state index contributed by atoms with van der Waals surface area (Å²) in [5.41, 5.74) is 3.72. The first-order valence-electron chi connectivity index (χ1n) is 16.1. The molecule has 11 heteroatoms. The van der Waals surface area contributed by atoms with Crippen LogP contribution >= 0.6 is 0 Å². The summed E-state index contributed by atoms with van der Waals surface area (Å²) in [6.45, 7) is 1.81. The third-order valence-corrected chi connectivity index (χ3v) is 8.75. The van der Waals surface area contributed by atoms with Crippen molar-refractivity contribution in [3.8, 4) is 0 Å². The number of hydrogen-bond acceptors (Lipinski definition) is 5. The maximum atomic E-state index is 13.8. The van der Waals surface area contributed by atoms with E-state index in [0.717, 1.165) is 19.3 Å². The van der Waals surface area contributed by atoms with Crippen molar-refractivity contribution in [3.05, 3.63) is 94.5 Å². The van der Waals surface area contributed by atoms with E-state index in [1.54, 1.807) is 29.2 Å². The first kappa shape index (κ1) is 33.3. The van der Waals surface area contributed by atoms with Crippen molar-refractivity contribution in [1.82, 2.24) is 10.2 Å². The number of rotatable bonds is 12. The second-order valence-corrected chi connectivity index (χ2v) is 12.0. The van der Waals surface area contributed by atoms with Gasteiger partial charge in [-0.15, -0.1) is 0 Å². The molecule has 10 nitrogen and oxygen atoms in total. The van der Waals surface area contributed by atoms with Gasteiger partial charge in [0.25, 0.3) is 17.7 Å². The number of unbranched alkanes of at least 4 members (excludes halogenated alkanes) is 1. The van der Waals surface area contributed by atoms with Crippen LogP contribution in [0.5, 0.6) is 0 Å². The van der Waals surface area contributed by atoms with Gasteiger partial charge in [-0.05, 0) is 78.8 Å². The summed E-state index contributed by atoms with van der Waals surface area (Å²) in [6.07, 6.45) is 5.27. The van der Waals surface area contributed by atoms with Gasteiger partial charge in [0.05, 0.1) is 24.2 Å². The van der Waals surface area contributed by atoms with Gasteiger partial charge in [-0.3, -0.25) is 24.2 Å². The summed E-state index contributed by atoms with van der Waals surface area (Å²) in [5.74, 6) is -2.49. The number of nitrogens with zero attached hydrogens (tertiary/aromatic N) is 2. The number of anilines is 2. The standard InChI is InChI=1S/C36H39FN4O6/c1-2-3-19-40-33(43)29-18-15-27(20-30(29)34(40)44)39-36(47)41(28-16-13-25(14-17-28)24-7-5-4-6-8-24)22-23-9-11-26(12-10-23)32(42)38-21-31(37)35(45)46/h9-18,20,24,31H,2-8,19,21-22H2,1H3,(H,38,42)(H,39,47)(H,45,46). The quantitative estimate of drug-likeness (QED) is 0.193. The van der Waals surface area contributed by atoms with Crippen molar-refractivity contribution in [2.75, 3.05) is 23.3 Å². The SMILES string of the molecule is CCCCN1C(=O)c2ccc(NC(=O)N(Cc3ccc(C(=O)NCC(F)C(=O)O)cc3)c3ccc(C4CCCCC4)cc3)cc2C1=O. The molecule has 1 unspecified atom stereocenters. The van der Waals surface area contributed by atoms with E-state index >= 15 is 0 Å². The summed E-state index contributed by atoms with van der Waals surface area (Å²) >= 11 is 0. The Labute approximate surface area is 272 Å². The lowest BCUT2D eigenvalue weighted by Crippen LogP contribution is -2.35. The monoisotopic (exact) mass is 642 g/mol. The molecule has 0 saturated heterocycles. The van der Waals surface area contributed by atoms with Crippen LogP contribution in [0.25, 0.3) is 0 Å². The molecule has 1 atom stereocenters. The Morgan fingerprint density at radius 1 is 0.936 bits per heavy atom. The number of hydrogen-bond donors (Lipinski definition) is 3. The van der Waals surface area contributed by atoms with Crippen molar-refractivity contribution < 1.29 is 33.5 Å². The second kappa shape index (κ2) is 15.0. The Morgan fingerprint density at radius 3 is 2.28 bits per heavy atom. The van der Waals surface area contributed by atoms with E-state index in [1.165, 1.54) is 47.9 Å². The molecule has 3 aromatic carbocycles. The van der Waals surface area contributed by atoms with Gasteiger partial charge in [0.1, 0.15) is 0 Å². The van der Waals surface area contributed by atoms with E-state index in [4.69, 9.17) is 5.11 Å². The fourth-order valence-electron chi connectivity index (χ4n) is 6.04. The Balaban J connectivity index is 1.35. The lowest BCUT2D eigenvalue weighted by Gasteiger charge is -2.26. The number of carbonyl (C=O) groups excluding carboxylic acids is 4. The van der Waals surface area contributed by atoms with Crippen LogP contribution in [-0.2, 0) is 11.3 Å². The van der Waals surface area contributed by atoms with Crippen LogP contribution in [0.15, 0.2) is 66.7 Å². The zero-order valence-electron chi connectivity index (χ0n) is 26.3. The number of carboxylic acids is 1. The van der Waals surface area contributed by atoms with Gasteiger partial charge in [-0.1, -0.05) is 56.9 Å². The summed E-state index contributed by atoms with van der Waals surface area (Å²) in [5, 5.41) is 13.9. The van der Waals surface area contributed by atoms with Gasteiger partial charge in [0.2, 0.25) is 6.17 Å². The van der Waals surface area contributed by atoms with Gasteiger partial charge < -0.3 is 15.7 Å². The predicted octanol–water partition coefficient (Wildman–Crippen LogP) is 6.52. The molecule has 1 aliphatic carbocycles.